The lowest BCUT2D eigenvalue weighted by Crippen LogP contribution is -2.16. The van der Waals surface area contributed by atoms with Crippen molar-refractivity contribution in [1.29, 1.82) is 0 Å². The first-order chi connectivity index (χ1) is 7.17. The molecule has 1 heterocycles. The van der Waals surface area contributed by atoms with Crippen molar-refractivity contribution in [2.24, 2.45) is 0 Å². The highest BCUT2D eigenvalue weighted by Crippen LogP contribution is 2.17. The first-order valence-electron chi connectivity index (χ1n) is 5.44. The second-order valence-corrected chi connectivity index (χ2v) is 3.62. The Labute approximate surface area is 91.1 Å². The number of ether oxygens (including phenoxy) is 1. The molecule has 0 aliphatic carbocycles. The molecule has 0 bridgehead atoms. The van der Waals surface area contributed by atoms with Gasteiger partial charge in [-0.25, -0.2) is 0 Å². The van der Waals surface area contributed by atoms with Gasteiger partial charge in [-0.1, -0.05) is 13.8 Å². The molecule has 0 saturated carbocycles. The van der Waals surface area contributed by atoms with Crippen LogP contribution in [0.25, 0.3) is 0 Å². The van der Waals surface area contributed by atoms with Gasteiger partial charge >= 0.3 is 0 Å². The summed E-state index contributed by atoms with van der Waals surface area (Å²) in [6.07, 6.45) is 1.16. The maximum absolute atomic E-state index is 9.39. The van der Waals surface area contributed by atoms with Gasteiger partial charge in [0.25, 0.3) is 0 Å². The average Bonchev–Trinajstić information content (AvgIpc) is 2.26. The second kappa shape index (κ2) is 5.71. The molecule has 1 rings (SSSR count). The molecule has 1 aromatic heterocycles. The van der Waals surface area contributed by atoms with Crippen molar-refractivity contribution >= 4 is 0 Å². The van der Waals surface area contributed by atoms with Crippen molar-refractivity contribution in [3.63, 3.8) is 0 Å². The number of aryl methyl sites for hydroxylation is 2. The van der Waals surface area contributed by atoms with E-state index in [0.717, 1.165) is 23.6 Å². The zero-order valence-electron chi connectivity index (χ0n) is 9.66. The predicted octanol–water partition coefficient (Wildman–Crippen LogP) is 2.10. The van der Waals surface area contributed by atoms with Crippen molar-refractivity contribution in [3.05, 3.63) is 23.5 Å². The second-order valence-electron chi connectivity index (χ2n) is 3.62. The molecule has 0 amide bonds. The minimum Gasteiger partial charge on any atom is -0.489 e. The summed E-state index contributed by atoms with van der Waals surface area (Å²) in [5.74, 6) is 0.788. The highest BCUT2D eigenvalue weighted by atomic mass is 16.5. The van der Waals surface area contributed by atoms with Gasteiger partial charge in [-0.05, 0) is 31.9 Å². The van der Waals surface area contributed by atoms with Crippen LogP contribution in [0.4, 0.5) is 0 Å². The van der Waals surface area contributed by atoms with E-state index in [4.69, 9.17) is 4.74 Å². The molecule has 0 saturated heterocycles. The van der Waals surface area contributed by atoms with E-state index in [1.807, 2.05) is 32.9 Å². The van der Waals surface area contributed by atoms with E-state index in [-0.39, 0.29) is 0 Å². The van der Waals surface area contributed by atoms with Crippen LogP contribution in [0.2, 0.25) is 0 Å². The van der Waals surface area contributed by atoms with E-state index in [2.05, 4.69) is 4.98 Å². The van der Waals surface area contributed by atoms with Crippen molar-refractivity contribution in [2.75, 3.05) is 6.61 Å². The van der Waals surface area contributed by atoms with Gasteiger partial charge in [0.15, 0.2) is 0 Å². The minimum atomic E-state index is -0.393. The van der Waals surface area contributed by atoms with Crippen LogP contribution in [-0.4, -0.2) is 22.8 Å². The van der Waals surface area contributed by atoms with Gasteiger partial charge in [0, 0.05) is 5.69 Å². The molecule has 0 aliphatic rings. The SMILES string of the molecule is CCc1nc(C)ccc1OCC(O)CC. The number of hydrogen-bond acceptors (Lipinski definition) is 3. The van der Waals surface area contributed by atoms with E-state index in [9.17, 15) is 5.11 Å². The number of pyridine rings is 1. The van der Waals surface area contributed by atoms with E-state index < -0.39 is 6.10 Å². The molecular weight excluding hydrogens is 190 g/mol. The van der Waals surface area contributed by atoms with Gasteiger partial charge < -0.3 is 9.84 Å². The standard InChI is InChI=1S/C12H19NO2/c1-4-10(14)8-15-12-7-6-9(3)13-11(12)5-2/h6-7,10,14H,4-5,8H2,1-3H3. The lowest BCUT2D eigenvalue weighted by molar-refractivity contribution is 0.103. The van der Waals surface area contributed by atoms with Crippen molar-refractivity contribution in [3.8, 4) is 5.75 Å². The molecule has 1 aromatic rings. The fraction of sp³-hybridized carbons (Fsp3) is 0.583. The third-order valence-corrected chi connectivity index (χ3v) is 2.31. The van der Waals surface area contributed by atoms with Crippen LogP contribution in [0, 0.1) is 6.92 Å². The molecular formula is C12H19NO2. The smallest absolute Gasteiger partial charge is 0.140 e. The number of aromatic nitrogens is 1. The van der Waals surface area contributed by atoms with Gasteiger partial charge in [-0.15, -0.1) is 0 Å². The summed E-state index contributed by atoms with van der Waals surface area (Å²) in [6.45, 7) is 6.28. The summed E-state index contributed by atoms with van der Waals surface area (Å²) in [5.41, 5.74) is 1.95. The molecule has 1 atom stereocenters. The van der Waals surface area contributed by atoms with Crippen LogP contribution in [0.5, 0.6) is 5.75 Å². The van der Waals surface area contributed by atoms with Gasteiger partial charge in [0.2, 0.25) is 0 Å². The summed E-state index contributed by atoms with van der Waals surface area (Å²) in [7, 11) is 0. The minimum absolute atomic E-state index is 0.342. The molecule has 3 nitrogen and oxygen atoms in total. The molecule has 1 unspecified atom stereocenters. The van der Waals surface area contributed by atoms with Crippen LogP contribution < -0.4 is 4.74 Å². The Kier molecular flexibility index (Phi) is 4.56. The first-order valence-corrected chi connectivity index (χ1v) is 5.44. The molecule has 0 fully saturated rings. The molecule has 84 valence electrons. The fourth-order valence-corrected chi connectivity index (χ4v) is 1.29. The number of aliphatic hydroxyl groups is 1. The van der Waals surface area contributed by atoms with Crippen LogP contribution in [-0.2, 0) is 6.42 Å². The van der Waals surface area contributed by atoms with Crippen LogP contribution >= 0.6 is 0 Å². The fourth-order valence-electron chi connectivity index (χ4n) is 1.29. The normalized spacial score (nSPS) is 12.5. The summed E-state index contributed by atoms with van der Waals surface area (Å²) in [5, 5.41) is 9.39. The number of hydrogen-bond donors (Lipinski definition) is 1. The van der Waals surface area contributed by atoms with E-state index in [1.165, 1.54) is 0 Å². The van der Waals surface area contributed by atoms with E-state index in [1.54, 1.807) is 0 Å². The Hall–Kier alpha value is -1.09. The first kappa shape index (κ1) is 12.0. The summed E-state index contributed by atoms with van der Waals surface area (Å²) in [6, 6.07) is 3.84. The quantitative estimate of drug-likeness (QED) is 0.807. The average molecular weight is 209 g/mol. The zero-order valence-corrected chi connectivity index (χ0v) is 9.66. The predicted molar refractivity (Wildman–Crippen MR) is 60.1 cm³/mol. The molecule has 0 aliphatic heterocycles. The van der Waals surface area contributed by atoms with Gasteiger partial charge in [0.1, 0.15) is 12.4 Å². The summed E-state index contributed by atoms with van der Waals surface area (Å²) >= 11 is 0. The number of rotatable bonds is 5. The molecule has 0 radical (unpaired) electrons. The summed E-state index contributed by atoms with van der Waals surface area (Å²) in [4.78, 5) is 4.39. The number of nitrogens with zero attached hydrogens (tertiary/aromatic N) is 1. The van der Waals surface area contributed by atoms with Gasteiger partial charge in [-0.2, -0.15) is 0 Å². The van der Waals surface area contributed by atoms with Crippen LogP contribution in [0.3, 0.4) is 0 Å². The maximum atomic E-state index is 9.39. The van der Waals surface area contributed by atoms with Crippen LogP contribution in [0.15, 0.2) is 12.1 Å². The van der Waals surface area contributed by atoms with Gasteiger partial charge in [-0.3, -0.25) is 4.98 Å². The Morgan fingerprint density at radius 1 is 1.40 bits per heavy atom. The maximum Gasteiger partial charge on any atom is 0.140 e. The Morgan fingerprint density at radius 3 is 2.73 bits per heavy atom. The lowest BCUT2D eigenvalue weighted by atomic mass is 10.2. The third kappa shape index (κ3) is 3.51. The van der Waals surface area contributed by atoms with Crippen molar-refractivity contribution in [1.82, 2.24) is 4.98 Å². The third-order valence-electron chi connectivity index (χ3n) is 2.31. The molecule has 0 spiro atoms. The Bertz CT molecular complexity index is 312. The summed E-state index contributed by atoms with van der Waals surface area (Å²) < 4.78 is 5.52. The highest BCUT2D eigenvalue weighted by Gasteiger charge is 2.06. The van der Waals surface area contributed by atoms with Crippen molar-refractivity contribution in [2.45, 2.75) is 39.7 Å². The van der Waals surface area contributed by atoms with E-state index >= 15 is 0 Å². The topological polar surface area (TPSA) is 42.4 Å². The Morgan fingerprint density at radius 2 is 2.13 bits per heavy atom. The lowest BCUT2D eigenvalue weighted by Gasteiger charge is -2.12. The van der Waals surface area contributed by atoms with Crippen molar-refractivity contribution < 1.29 is 9.84 Å². The highest BCUT2D eigenvalue weighted by molar-refractivity contribution is 5.29. The van der Waals surface area contributed by atoms with Gasteiger partial charge in [0.05, 0.1) is 11.8 Å². The Balaban J connectivity index is 2.67. The number of aliphatic hydroxyl groups excluding tert-OH is 1. The molecule has 3 heteroatoms. The van der Waals surface area contributed by atoms with Crippen LogP contribution in [0.1, 0.15) is 31.7 Å². The molecule has 0 aromatic carbocycles. The molecule has 15 heavy (non-hydrogen) atoms. The monoisotopic (exact) mass is 209 g/mol. The molecule has 1 N–H and O–H groups in total. The largest absolute Gasteiger partial charge is 0.489 e. The zero-order chi connectivity index (χ0) is 11.3. The van der Waals surface area contributed by atoms with E-state index in [0.29, 0.717) is 13.0 Å².